The molecule has 0 saturated heterocycles. The average molecular weight is 702 g/mol. The normalized spacial score (nSPS) is 11.8. The van der Waals surface area contributed by atoms with Crippen LogP contribution in [0.5, 0.6) is 17.2 Å². The largest absolute Gasteiger partial charge is 0.494 e. The maximum absolute atomic E-state index is 14.7. The van der Waals surface area contributed by atoms with Gasteiger partial charge >= 0.3 is 0 Å². The van der Waals surface area contributed by atoms with Gasteiger partial charge in [-0.2, -0.15) is 0 Å². The van der Waals surface area contributed by atoms with Crippen LogP contribution < -0.4 is 23.8 Å². The topological polar surface area (TPSA) is 114 Å². The molecule has 11 heteroatoms. The zero-order chi connectivity index (χ0) is 36.3. The Balaban J connectivity index is 1.83. The molecule has 0 bridgehead atoms. The first kappa shape index (κ1) is 37.8. The summed E-state index contributed by atoms with van der Waals surface area (Å²) < 4.78 is 46.4. The lowest BCUT2D eigenvalue weighted by Gasteiger charge is -2.34. The highest BCUT2D eigenvalue weighted by molar-refractivity contribution is 7.92. The minimum absolute atomic E-state index is 0.0826. The molecule has 0 heterocycles. The molecular formula is C39H47N3O7S. The number of sulfonamides is 1. The fraction of sp³-hybridized carbons (Fsp3) is 0.333. The molecule has 266 valence electrons. The average Bonchev–Trinajstić information content (AvgIpc) is 3.12. The Morgan fingerprint density at radius 1 is 0.820 bits per heavy atom. The maximum Gasteiger partial charge on any atom is 0.264 e. The Kier molecular flexibility index (Phi) is 13.3. The molecule has 0 aliphatic heterocycles. The first-order chi connectivity index (χ1) is 24.0. The molecule has 4 aromatic rings. The van der Waals surface area contributed by atoms with Crippen molar-refractivity contribution in [2.24, 2.45) is 5.92 Å². The molecule has 4 rings (SSSR count). The molecule has 0 radical (unpaired) electrons. The molecule has 10 nitrogen and oxygen atoms in total. The summed E-state index contributed by atoms with van der Waals surface area (Å²) in [6.07, 6.45) is 0.230. The van der Waals surface area contributed by atoms with Gasteiger partial charge in [-0.15, -0.1) is 0 Å². The summed E-state index contributed by atoms with van der Waals surface area (Å²) in [6, 6.07) is 27.0. The van der Waals surface area contributed by atoms with Gasteiger partial charge in [0.1, 0.15) is 18.3 Å². The van der Waals surface area contributed by atoms with Crippen molar-refractivity contribution in [3.63, 3.8) is 0 Å². The molecule has 4 aromatic carbocycles. The lowest BCUT2D eigenvalue weighted by atomic mass is 10.0. The van der Waals surface area contributed by atoms with Gasteiger partial charge in [-0.1, -0.05) is 74.0 Å². The molecular weight excluding hydrogens is 655 g/mol. The number of methoxy groups -OCH3 is 2. The zero-order valence-electron chi connectivity index (χ0n) is 29.6. The van der Waals surface area contributed by atoms with Crippen LogP contribution in [0.1, 0.15) is 37.5 Å². The summed E-state index contributed by atoms with van der Waals surface area (Å²) >= 11 is 0. The number of amides is 2. The summed E-state index contributed by atoms with van der Waals surface area (Å²) in [5.41, 5.74) is 2.95. The van der Waals surface area contributed by atoms with E-state index in [9.17, 15) is 18.0 Å². The number of nitrogens with zero attached hydrogens (tertiary/aromatic N) is 2. The van der Waals surface area contributed by atoms with Crippen LogP contribution in [-0.2, 0) is 32.6 Å². The molecule has 0 aliphatic carbocycles. The van der Waals surface area contributed by atoms with Crippen molar-refractivity contribution in [2.75, 3.05) is 38.2 Å². The number of carbonyl (C=O) groups excluding carboxylic acids is 2. The quantitative estimate of drug-likeness (QED) is 0.143. The van der Waals surface area contributed by atoms with Gasteiger partial charge in [0, 0.05) is 25.6 Å². The summed E-state index contributed by atoms with van der Waals surface area (Å²) in [5, 5.41) is 3.01. The van der Waals surface area contributed by atoms with E-state index in [0.29, 0.717) is 24.7 Å². The number of benzene rings is 4. The van der Waals surface area contributed by atoms with Gasteiger partial charge in [0.15, 0.2) is 11.5 Å². The first-order valence-electron chi connectivity index (χ1n) is 16.6. The van der Waals surface area contributed by atoms with E-state index in [-0.39, 0.29) is 41.1 Å². The minimum atomic E-state index is -4.36. The number of nitrogens with one attached hydrogen (secondary N) is 1. The predicted molar refractivity (Wildman–Crippen MR) is 195 cm³/mol. The molecule has 2 amide bonds. The fourth-order valence-corrected chi connectivity index (χ4v) is 6.81. The third kappa shape index (κ3) is 9.78. The summed E-state index contributed by atoms with van der Waals surface area (Å²) in [4.78, 5) is 30.1. The van der Waals surface area contributed by atoms with Gasteiger partial charge in [0.2, 0.25) is 11.8 Å². The van der Waals surface area contributed by atoms with Crippen molar-refractivity contribution in [1.82, 2.24) is 10.2 Å². The van der Waals surface area contributed by atoms with E-state index in [0.717, 1.165) is 21.0 Å². The standard InChI is InChI=1S/C39H47N3O7S/c1-7-49-33-19-17-32(18-20-33)42(50(45,46)34-21-22-36(47-5)37(24-34)48-6)27-38(43)41(26-31-15-13-29(4)14-16-31)35(39(44)40-25-28(2)3)23-30-11-9-8-10-12-30/h8-22,24,28,35H,7,23,25-27H2,1-6H3,(H,40,44)/t35-/m1/s1. The predicted octanol–water partition coefficient (Wildman–Crippen LogP) is 6.02. The molecule has 1 N–H and O–H groups in total. The van der Waals surface area contributed by atoms with Crippen molar-refractivity contribution in [3.8, 4) is 17.2 Å². The number of carbonyl (C=O) groups is 2. The second-order valence-electron chi connectivity index (χ2n) is 12.3. The van der Waals surface area contributed by atoms with Gasteiger partial charge in [-0.05, 0) is 67.3 Å². The third-order valence-electron chi connectivity index (χ3n) is 8.09. The Morgan fingerprint density at radius 3 is 2.08 bits per heavy atom. The number of anilines is 1. The molecule has 0 unspecified atom stereocenters. The van der Waals surface area contributed by atoms with Crippen LogP contribution in [0.2, 0.25) is 0 Å². The highest BCUT2D eigenvalue weighted by Gasteiger charge is 2.35. The molecule has 1 atom stereocenters. The second-order valence-corrected chi connectivity index (χ2v) is 14.2. The van der Waals surface area contributed by atoms with E-state index < -0.39 is 28.5 Å². The Morgan fingerprint density at radius 2 is 1.48 bits per heavy atom. The van der Waals surface area contributed by atoms with Crippen molar-refractivity contribution >= 4 is 27.5 Å². The summed E-state index contributed by atoms with van der Waals surface area (Å²) in [6.45, 7) is 8.16. The Bertz CT molecular complexity index is 1810. The lowest BCUT2D eigenvalue weighted by molar-refractivity contribution is -0.140. The number of rotatable bonds is 17. The number of hydrogen-bond acceptors (Lipinski definition) is 7. The molecule has 0 saturated carbocycles. The SMILES string of the molecule is CCOc1ccc(N(CC(=O)N(Cc2ccc(C)cc2)[C@H](Cc2ccccc2)C(=O)NCC(C)C)S(=O)(=O)c2ccc(OC)c(OC)c2)cc1. The van der Waals surface area contributed by atoms with Crippen LogP contribution in [-0.4, -0.2) is 65.1 Å². The first-order valence-corrected chi connectivity index (χ1v) is 18.0. The Hall–Kier alpha value is -5.03. The molecule has 0 aliphatic rings. The van der Waals surface area contributed by atoms with Crippen molar-refractivity contribution in [3.05, 3.63) is 114 Å². The number of ether oxygens (including phenoxy) is 3. The van der Waals surface area contributed by atoms with Crippen LogP contribution in [0.15, 0.2) is 102 Å². The fourth-order valence-electron chi connectivity index (χ4n) is 5.37. The molecule has 0 spiro atoms. The van der Waals surface area contributed by atoms with Crippen LogP contribution in [0.25, 0.3) is 0 Å². The van der Waals surface area contributed by atoms with Crippen LogP contribution in [0.3, 0.4) is 0 Å². The van der Waals surface area contributed by atoms with E-state index in [1.165, 1.54) is 37.3 Å². The number of hydrogen-bond donors (Lipinski definition) is 1. The smallest absolute Gasteiger partial charge is 0.264 e. The van der Waals surface area contributed by atoms with Gasteiger partial charge < -0.3 is 24.4 Å². The van der Waals surface area contributed by atoms with E-state index in [1.54, 1.807) is 24.3 Å². The van der Waals surface area contributed by atoms with Crippen LogP contribution in [0.4, 0.5) is 5.69 Å². The van der Waals surface area contributed by atoms with E-state index in [1.807, 2.05) is 82.3 Å². The van der Waals surface area contributed by atoms with E-state index in [4.69, 9.17) is 14.2 Å². The number of aryl methyl sites for hydroxylation is 1. The minimum Gasteiger partial charge on any atom is -0.494 e. The van der Waals surface area contributed by atoms with E-state index in [2.05, 4.69) is 5.32 Å². The van der Waals surface area contributed by atoms with Gasteiger partial charge in [-0.3, -0.25) is 13.9 Å². The zero-order valence-corrected chi connectivity index (χ0v) is 30.4. The molecule has 50 heavy (non-hydrogen) atoms. The van der Waals surface area contributed by atoms with Gasteiger partial charge in [-0.25, -0.2) is 8.42 Å². The maximum atomic E-state index is 14.7. The highest BCUT2D eigenvalue weighted by atomic mass is 32.2. The van der Waals surface area contributed by atoms with Gasteiger partial charge in [0.25, 0.3) is 10.0 Å². The van der Waals surface area contributed by atoms with Crippen LogP contribution in [0, 0.1) is 12.8 Å². The summed E-state index contributed by atoms with van der Waals surface area (Å²) in [7, 11) is -1.48. The van der Waals surface area contributed by atoms with Crippen molar-refractivity contribution < 1.29 is 32.2 Å². The van der Waals surface area contributed by atoms with Crippen molar-refractivity contribution in [2.45, 2.75) is 51.6 Å². The second kappa shape index (κ2) is 17.6. The van der Waals surface area contributed by atoms with E-state index >= 15 is 0 Å². The van der Waals surface area contributed by atoms with Gasteiger partial charge in [0.05, 0.1) is 31.4 Å². The molecule has 0 aromatic heterocycles. The Labute approximate surface area is 296 Å². The van der Waals surface area contributed by atoms with Crippen LogP contribution >= 0.6 is 0 Å². The highest BCUT2D eigenvalue weighted by Crippen LogP contribution is 2.33. The van der Waals surface area contributed by atoms with Crippen molar-refractivity contribution in [1.29, 1.82) is 0 Å². The summed E-state index contributed by atoms with van der Waals surface area (Å²) in [5.74, 6) is 0.437. The molecule has 0 fully saturated rings. The lowest BCUT2D eigenvalue weighted by Crippen LogP contribution is -2.53. The third-order valence-corrected chi connectivity index (χ3v) is 9.86. The monoisotopic (exact) mass is 701 g/mol.